The Kier molecular flexibility index (Phi) is 6.93. The van der Waals surface area contributed by atoms with Crippen LogP contribution in [0.2, 0.25) is 0 Å². The van der Waals surface area contributed by atoms with E-state index in [0.29, 0.717) is 0 Å². The summed E-state index contributed by atoms with van der Waals surface area (Å²) in [5.74, 6) is 0. The van der Waals surface area contributed by atoms with Gasteiger partial charge in [-0.1, -0.05) is 140 Å². The van der Waals surface area contributed by atoms with Gasteiger partial charge in [0.1, 0.15) is 5.58 Å². The third-order valence-corrected chi connectivity index (χ3v) is 11.7. The van der Waals surface area contributed by atoms with E-state index in [-0.39, 0.29) is 0 Å². The zero-order chi connectivity index (χ0) is 37.5. The van der Waals surface area contributed by atoms with Crippen molar-refractivity contribution in [3.8, 4) is 44.8 Å². The molecule has 0 saturated heterocycles. The van der Waals surface area contributed by atoms with Gasteiger partial charge in [-0.25, -0.2) is 0 Å². The number of benzene rings is 9. The highest BCUT2D eigenvalue weighted by molar-refractivity contribution is 6.15. The van der Waals surface area contributed by atoms with Crippen molar-refractivity contribution in [1.82, 2.24) is 9.13 Å². The Morgan fingerprint density at radius 1 is 0.281 bits per heavy atom. The molecule has 57 heavy (non-hydrogen) atoms. The highest BCUT2D eigenvalue weighted by Crippen LogP contribution is 2.41. The molecule has 0 aliphatic rings. The third kappa shape index (κ3) is 4.92. The van der Waals surface area contributed by atoms with Gasteiger partial charge in [0, 0.05) is 38.0 Å². The lowest BCUT2D eigenvalue weighted by Gasteiger charge is -2.10. The second-order valence-electron chi connectivity index (χ2n) is 14.9. The first-order valence-corrected chi connectivity index (χ1v) is 19.5. The van der Waals surface area contributed by atoms with Crippen LogP contribution in [0.1, 0.15) is 0 Å². The van der Waals surface area contributed by atoms with Crippen LogP contribution in [0.5, 0.6) is 0 Å². The van der Waals surface area contributed by atoms with Crippen LogP contribution >= 0.6 is 0 Å². The smallest absolute Gasteiger partial charge is 0.159 e. The molecular weight excluding hydrogens is 693 g/mol. The van der Waals surface area contributed by atoms with Gasteiger partial charge in [0.25, 0.3) is 0 Å². The molecular formula is C54H34N2O. The van der Waals surface area contributed by atoms with Gasteiger partial charge in [-0.3, -0.25) is 0 Å². The van der Waals surface area contributed by atoms with E-state index in [1.165, 1.54) is 66.0 Å². The Morgan fingerprint density at radius 2 is 0.737 bits per heavy atom. The molecule has 0 atom stereocenters. The van der Waals surface area contributed by atoms with Gasteiger partial charge in [-0.2, -0.15) is 0 Å². The fourth-order valence-corrected chi connectivity index (χ4v) is 9.05. The molecule has 0 radical (unpaired) electrons. The van der Waals surface area contributed by atoms with E-state index >= 15 is 0 Å². The lowest BCUT2D eigenvalue weighted by Crippen LogP contribution is -1.94. The van der Waals surface area contributed by atoms with E-state index in [1.807, 2.05) is 6.07 Å². The molecule has 3 aromatic heterocycles. The number of hydrogen-bond acceptors (Lipinski definition) is 1. The molecule has 266 valence electrons. The maximum atomic E-state index is 6.55. The molecule has 0 bridgehead atoms. The Balaban J connectivity index is 1.04. The summed E-state index contributed by atoms with van der Waals surface area (Å²) >= 11 is 0. The second kappa shape index (κ2) is 12.5. The van der Waals surface area contributed by atoms with Crippen molar-refractivity contribution in [2.75, 3.05) is 0 Å². The summed E-state index contributed by atoms with van der Waals surface area (Å²) < 4.78 is 11.3. The summed E-state index contributed by atoms with van der Waals surface area (Å²) in [6.07, 6.45) is 0. The molecule has 0 spiro atoms. The minimum absolute atomic E-state index is 0.900. The monoisotopic (exact) mass is 726 g/mol. The van der Waals surface area contributed by atoms with Crippen molar-refractivity contribution in [2.24, 2.45) is 0 Å². The predicted molar refractivity (Wildman–Crippen MR) is 239 cm³/mol. The maximum absolute atomic E-state index is 6.55. The molecule has 9 aromatic carbocycles. The highest BCUT2D eigenvalue weighted by Gasteiger charge is 2.19. The normalized spacial score (nSPS) is 11.9. The Morgan fingerprint density at radius 3 is 1.40 bits per heavy atom. The van der Waals surface area contributed by atoms with Gasteiger partial charge in [-0.05, 0) is 100 Å². The Hall–Kier alpha value is -7.62. The Labute approximate surface area is 328 Å². The molecule has 0 aliphatic heterocycles. The van der Waals surface area contributed by atoms with Gasteiger partial charge in [0.15, 0.2) is 5.58 Å². The molecule has 0 fully saturated rings. The topological polar surface area (TPSA) is 23.0 Å². The van der Waals surface area contributed by atoms with E-state index < -0.39 is 0 Å². The number of fused-ring (bicyclic) bond motifs is 9. The minimum Gasteiger partial charge on any atom is -0.454 e. The molecule has 3 heteroatoms. The fraction of sp³-hybridized carbons (Fsp3) is 0. The first-order chi connectivity index (χ1) is 28.3. The van der Waals surface area contributed by atoms with Crippen molar-refractivity contribution < 1.29 is 4.42 Å². The number of aromatic nitrogens is 2. The SMILES string of the molecule is c1ccc(-c2ccc(-n3c4ccc(-c5ccccc5)cc4c4cc(-c5ccc6c(c5)c5ccccc5n6-c5cccc6c5oc5ccccc56)ccc43)cc2)cc1. The van der Waals surface area contributed by atoms with Crippen LogP contribution in [0.4, 0.5) is 0 Å². The molecule has 12 aromatic rings. The van der Waals surface area contributed by atoms with Gasteiger partial charge in [0.2, 0.25) is 0 Å². The number of nitrogens with zero attached hydrogens (tertiary/aromatic N) is 2. The standard InChI is InChI=1S/C54H34N2O/c1-3-12-35(13-4-1)37-22-27-41(28-23-37)55-49-29-24-38(36-14-5-2-6-15-36)32-46(49)47-34-40(25-30-50(47)55)39-26-31-51-45(33-39)42-16-7-9-19-48(42)56(51)52-20-11-18-44-43-17-8-10-21-53(43)57-54(44)52/h1-34H. The van der Waals surface area contributed by atoms with Crippen LogP contribution in [0.15, 0.2) is 211 Å². The second-order valence-corrected chi connectivity index (χ2v) is 14.9. The number of rotatable bonds is 5. The molecule has 0 unspecified atom stereocenters. The third-order valence-electron chi connectivity index (χ3n) is 11.7. The summed E-state index contributed by atoms with van der Waals surface area (Å²) in [7, 11) is 0. The van der Waals surface area contributed by atoms with Crippen molar-refractivity contribution >= 4 is 65.6 Å². The van der Waals surface area contributed by atoms with Gasteiger partial charge < -0.3 is 13.6 Å². The maximum Gasteiger partial charge on any atom is 0.159 e. The molecule has 0 saturated carbocycles. The molecule has 0 N–H and O–H groups in total. The first-order valence-electron chi connectivity index (χ1n) is 19.5. The molecule has 3 heterocycles. The van der Waals surface area contributed by atoms with Crippen LogP contribution in [-0.2, 0) is 0 Å². The number of para-hydroxylation sites is 3. The Bertz CT molecular complexity index is 3490. The average molecular weight is 727 g/mol. The summed E-state index contributed by atoms with van der Waals surface area (Å²) in [6, 6.07) is 74.5. The lowest BCUT2D eigenvalue weighted by atomic mass is 9.99. The van der Waals surface area contributed by atoms with Crippen molar-refractivity contribution in [3.63, 3.8) is 0 Å². The van der Waals surface area contributed by atoms with Crippen LogP contribution in [-0.4, -0.2) is 9.13 Å². The molecule has 3 nitrogen and oxygen atoms in total. The summed E-state index contributed by atoms with van der Waals surface area (Å²) in [5.41, 5.74) is 15.9. The molecule has 0 amide bonds. The van der Waals surface area contributed by atoms with E-state index in [9.17, 15) is 0 Å². The van der Waals surface area contributed by atoms with E-state index in [4.69, 9.17) is 4.42 Å². The largest absolute Gasteiger partial charge is 0.454 e. The highest BCUT2D eigenvalue weighted by atomic mass is 16.3. The van der Waals surface area contributed by atoms with Crippen LogP contribution in [0.25, 0.3) is 110 Å². The first kappa shape index (κ1) is 31.7. The zero-order valence-corrected chi connectivity index (χ0v) is 30.9. The zero-order valence-electron chi connectivity index (χ0n) is 30.9. The van der Waals surface area contributed by atoms with Gasteiger partial charge >= 0.3 is 0 Å². The quantitative estimate of drug-likeness (QED) is 0.173. The van der Waals surface area contributed by atoms with Crippen molar-refractivity contribution in [2.45, 2.75) is 0 Å². The molecule has 0 aliphatic carbocycles. The minimum atomic E-state index is 0.900. The average Bonchev–Trinajstić information content (AvgIpc) is 3.94. The van der Waals surface area contributed by atoms with Crippen molar-refractivity contribution in [1.29, 1.82) is 0 Å². The van der Waals surface area contributed by atoms with Crippen LogP contribution < -0.4 is 0 Å². The predicted octanol–water partition coefficient (Wildman–Crippen LogP) is 14.8. The number of furan rings is 1. The summed E-state index contributed by atoms with van der Waals surface area (Å²) in [4.78, 5) is 0. The van der Waals surface area contributed by atoms with Crippen LogP contribution in [0, 0.1) is 0 Å². The summed E-state index contributed by atoms with van der Waals surface area (Å²) in [6.45, 7) is 0. The van der Waals surface area contributed by atoms with Crippen LogP contribution in [0.3, 0.4) is 0 Å². The van der Waals surface area contributed by atoms with E-state index in [2.05, 4.69) is 209 Å². The van der Waals surface area contributed by atoms with Crippen molar-refractivity contribution in [3.05, 3.63) is 206 Å². The van der Waals surface area contributed by atoms with E-state index in [1.54, 1.807) is 0 Å². The molecule has 12 rings (SSSR count). The summed E-state index contributed by atoms with van der Waals surface area (Å²) in [5, 5.41) is 7.15. The van der Waals surface area contributed by atoms with Gasteiger partial charge in [0.05, 0.1) is 27.8 Å². The fourth-order valence-electron chi connectivity index (χ4n) is 9.05. The van der Waals surface area contributed by atoms with Gasteiger partial charge in [-0.15, -0.1) is 0 Å². The number of hydrogen-bond donors (Lipinski definition) is 0. The lowest BCUT2D eigenvalue weighted by molar-refractivity contribution is 0.666. The van der Waals surface area contributed by atoms with E-state index in [0.717, 1.165) is 44.3 Å².